The van der Waals surface area contributed by atoms with Crippen molar-refractivity contribution < 1.29 is 18.0 Å². The number of aromatic nitrogens is 2. The SMILES string of the molecule is CCc1nn(CC2CC2)c(CC)c1C(=O)C(F)(F)F. The lowest BCUT2D eigenvalue weighted by Crippen LogP contribution is -2.25. The molecule has 1 heterocycles. The smallest absolute Gasteiger partial charge is 0.284 e. The maximum Gasteiger partial charge on any atom is 0.455 e. The van der Waals surface area contributed by atoms with Crippen molar-refractivity contribution in [1.29, 1.82) is 0 Å². The fourth-order valence-corrected chi connectivity index (χ4v) is 2.26. The molecular weight excluding hydrogens is 257 g/mol. The van der Waals surface area contributed by atoms with Gasteiger partial charge in [-0.15, -0.1) is 0 Å². The van der Waals surface area contributed by atoms with Gasteiger partial charge in [-0.3, -0.25) is 9.48 Å². The molecule has 0 aromatic carbocycles. The Kier molecular flexibility index (Phi) is 3.69. The first-order valence-electron chi connectivity index (χ1n) is 6.58. The molecule has 2 rings (SSSR count). The van der Waals surface area contributed by atoms with Crippen LogP contribution in [0.25, 0.3) is 0 Å². The Hall–Kier alpha value is -1.33. The molecule has 1 aromatic rings. The van der Waals surface area contributed by atoms with Crippen LogP contribution in [0.3, 0.4) is 0 Å². The van der Waals surface area contributed by atoms with E-state index in [1.54, 1.807) is 18.5 Å². The molecule has 1 fully saturated rings. The lowest BCUT2D eigenvalue weighted by Gasteiger charge is -2.08. The highest BCUT2D eigenvalue weighted by atomic mass is 19.4. The van der Waals surface area contributed by atoms with E-state index >= 15 is 0 Å². The van der Waals surface area contributed by atoms with Crippen molar-refractivity contribution in [2.24, 2.45) is 5.92 Å². The largest absolute Gasteiger partial charge is 0.455 e. The molecule has 1 aliphatic rings. The summed E-state index contributed by atoms with van der Waals surface area (Å²) in [7, 11) is 0. The number of ketones is 1. The minimum atomic E-state index is -4.83. The van der Waals surface area contributed by atoms with E-state index in [9.17, 15) is 18.0 Å². The molecule has 0 saturated heterocycles. The minimum absolute atomic E-state index is 0.224. The topological polar surface area (TPSA) is 34.9 Å². The van der Waals surface area contributed by atoms with Crippen molar-refractivity contribution in [2.45, 2.75) is 52.3 Å². The minimum Gasteiger partial charge on any atom is -0.284 e. The quantitative estimate of drug-likeness (QED) is 0.773. The molecule has 0 spiro atoms. The van der Waals surface area contributed by atoms with Crippen molar-refractivity contribution in [2.75, 3.05) is 0 Å². The summed E-state index contributed by atoms with van der Waals surface area (Å²) < 4.78 is 39.6. The third-order valence-corrected chi connectivity index (χ3v) is 3.41. The van der Waals surface area contributed by atoms with Gasteiger partial charge in [-0.05, 0) is 31.6 Å². The standard InChI is InChI=1S/C13H17F3N2O/c1-3-9-11(12(19)13(14,15)16)10(4-2)18(17-9)7-8-5-6-8/h8H,3-7H2,1-2H3. The highest BCUT2D eigenvalue weighted by molar-refractivity contribution is 6.02. The van der Waals surface area contributed by atoms with E-state index in [0.29, 0.717) is 31.0 Å². The van der Waals surface area contributed by atoms with Gasteiger partial charge in [-0.1, -0.05) is 13.8 Å². The van der Waals surface area contributed by atoms with Crippen LogP contribution in [0.15, 0.2) is 0 Å². The number of hydrogen-bond acceptors (Lipinski definition) is 2. The molecule has 106 valence electrons. The van der Waals surface area contributed by atoms with Gasteiger partial charge in [0.05, 0.1) is 11.3 Å². The van der Waals surface area contributed by atoms with Gasteiger partial charge < -0.3 is 0 Å². The highest BCUT2D eigenvalue weighted by Crippen LogP contribution is 2.33. The molecule has 6 heteroatoms. The fourth-order valence-electron chi connectivity index (χ4n) is 2.26. The predicted molar refractivity (Wildman–Crippen MR) is 64.1 cm³/mol. The second-order valence-electron chi connectivity index (χ2n) is 4.93. The van der Waals surface area contributed by atoms with Crippen molar-refractivity contribution in [3.05, 3.63) is 17.0 Å². The molecule has 0 atom stereocenters. The van der Waals surface area contributed by atoms with E-state index in [1.807, 2.05) is 0 Å². The summed E-state index contributed by atoms with van der Waals surface area (Å²) in [6, 6.07) is 0. The molecule has 0 radical (unpaired) electrons. The first-order chi connectivity index (χ1) is 8.88. The van der Waals surface area contributed by atoms with Gasteiger partial charge in [0.25, 0.3) is 5.78 Å². The Morgan fingerprint density at radius 2 is 1.95 bits per heavy atom. The van der Waals surface area contributed by atoms with Crippen LogP contribution < -0.4 is 0 Å². The zero-order valence-corrected chi connectivity index (χ0v) is 11.0. The van der Waals surface area contributed by atoms with Crippen LogP contribution >= 0.6 is 0 Å². The normalized spacial score (nSPS) is 15.8. The predicted octanol–water partition coefficient (Wildman–Crippen LogP) is 3.16. The van der Waals surface area contributed by atoms with Crippen molar-refractivity contribution in [1.82, 2.24) is 9.78 Å². The molecule has 0 amide bonds. The summed E-state index contributed by atoms with van der Waals surface area (Å²) in [5.74, 6) is -1.26. The number of aryl methyl sites for hydroxylation is 1. The molecule has 0 aliphatic heterocycles. The summed E-state index contributed by atoms with van der Waals surface area (Å²) in [5, 5.41) is 4.21. The maximum atomic E-state index is 12.7. The van der Waals surface area contributed by atoms with Gasteiger partial charge in [0.1, 0.15) is 0 Å². The second-order valence-corrected chi connectivity index (χ2v) is 4.93. The van der Waals surface area contributed by atoms with Crippen LogP contribution in [0.2, 0.25) is 0 Å². The summed E-state index contributed by atoms with van der Waals surface area (Å²) in [6.45, 7) is 4.10. The van der Waals surface area contributed by atoms with Gasteiger partial charge in [-0.2, -0.15) is 18.3 Å². The van der Waals surface area contributed by atoms with Crippen molar-refractivity contribution >= 4 is 5.78 Å². The third-order valence-electron chi connectivity index (χ3n) is 3.41. The lowest BCUT2D eigenvalue weighted by molar-refractivity contribution is -0.0886. The van der Waals surface area contributed by atoms with Crippen molar-refractivity contribution in [3.63, 3.8) is 0 Å². The Morgan fingerprint density at radius 1 is 1.32 bits per heavy atom. The number of hydrogen-bond donors (Lipinski definition) is 0. The number of Topliss-reactive ketones (excluding diaryl/α,β-unsaturated/α-hetero) is 1. The number of alkyl halides is 3. The van der Waals surface area contributed by atoms with Gasteiger partial charge in [0.2, 0.25) is 0 Å². The molecule has 0 bridgehead atoms. The zero-order chi connectivity index (χ0) is 14.2. The van der Waals surface area contributed by atoms with E-state index in [0.717, 1.165) is 12.8 Å². The molecule has 0 N–H and O–H groups in total. The van der Waals surface area contributed by atoms with Crippen LogP contribution in [0.1, 0.15) is 48.4 Å². The monoisotopic (exact) mass is 274 g/mol. The molecule has 19 heavy (non-hydrogen) atoms. The molecule has 1 aliphatic carbocycles. The number of carbonyl (C=O) groups is 1. The van der Waals surface area contributed by atoms with Crippen LogP contribution in [-0.4, -0.2) is 21.7 Å². The maximum absolute atomic E-state index is 12.7. The van der Waals surface area contributed by atoms with Gasteiger partial charge in [-0.25, -0.2) is 0 Å². The number of nitrogens with zero attached hydrogens (tertiary/aromatic N) is 2. The lowest BCUT2D eigenvalue weighted by atomic mass is 10.0. The first-order valence-corrected chi connectivity index (χ1v) is 6.58. The molecule has 3 nitrogen and oxygen atoms in total. The summed E-state index contributed by atoms with van der Waals surface area (Å²) >= 11 is 0. The van der Waals surface area contributed by atoms with Gasteiger partial charge >= 0.3 is 6.18 Å². The summed E-state index contributed by atoms with van der Waals surface area (Å²) in [6.07, 6.45) is -1.93. The van der Waals surface area contributed by atoms with E-state index in [1.165, 1.54) is 0 Å². The molecule has 1 aromatic heterocycles. The van der Waals surface area contributed by atoms with Gasteiger partial charge in [0.15, 0.2) is 0 Å². The Bertz CT molecular complexity index is 487. The van der Waals surface area contributed by atoms with Crippen LogP contribution in [0.5, 0.6) is 0 Å². The van der Waals surface area contributed by atoms with Crippen LogP contribution in [0.4, 0.5) is 13.2 Å². The van der Waals surface area contributed by atoms with E-state index in [-0.39, 0.29) is 11.3 Å². The molecule has 0 unspecified atom stereocenters. The Morgan fingerprint density at radius 3 is 2.37 bits per heavy atom. The molecular formula is C13H17F3N2O. The average Bonchev–Trinajstić information content (AvgIpc) is 3.07. The van der Waals surface area contributed by atoms with Gasteiger partial charge in [0, 0.05) is 12.2 Å². The number of halogens is 3. The zero-order valence-electron chi connectivity index (χ0n) is 11.0. The van der Waals surface area contributed by atoms with E-state index in [2.05, 4.69) is 5.10 Å². The molecule has 1 saturated carbocycles. The number of rotatable bonds is 5. The van der Waals surface area contributed by atoms with E-state index < -0.39 is 12.0 Å². The Labute approximate surface area is 109 Å². The van der Waals surface area contributed by atoms with Crippen molar-refractivity contribution in [3.8, 4) is 0 Å². The fraction of sp³-hybridized carbons (Fsp3) is 0.692. The second kappa shape index (κ2) is 4.98. The number of carbonyl (C=O) groups excluding carboxylic acids is 1. The third kappa shape index (κ3) is 2.82. The summed E-state index contributed by atoms with van der Waals surface area (Å²) in [5.41, 5.74) is 0.462. The average molecular weight is 274 g/mol. The van der Waals surface area contributed by atoms with Crippen LogP contribution in [-0.2, 0) is 19.4 Å². The highest BCUT2D eigenvalue weighted by Gasteiger charge is 2.43. The summed E-state index contributed by atoms with van der Waals surface area (Å²) in [4.78, 5) is 11.6. The first kappa shape index (κ1) is 14.1. The Balaban J connectivity index is 2.44. The van der Waals surface area contributed by atoms with Crippen LogP contribution in [0, 0.1) is 5.92 Å². The van der Waals surface area contributed by atoms with E-state index in [4.69, 9.17) is 0 Å².